The molecule has 138 valence electrons. The van der Waals surface area contributed by atoms with Gasteiger partial charge in [-0.2, -0.15) is 5.10 Å². The van der Waals surface area contributed by atoms with E-state index in [2.05, 4.69) is 22.3 Å². The number of amides is 1. The summed E-state index contributed by atoms with van der Waals surface area (Å²) >= 11 is 0. The van der Waals surface area contributed by atoms with E-state index in [-0.39, 0.29) is 12.7 Å². The molecule has 27 heavy (non-hydrogen) atoms. The molecule has 1 atom stereocenters. The Morgan fingerprint density at radius 3 is 3.11 bits per heavy atom. The molecule has 0 fully saturated rings. The molecule has 1 N–H and O–H groups in total. The molecular weight excluding hydrogens is 344 g/mol. The van der Waals surface area contributed by atoms with Gasteiger partial charge in [0.05, 0.1) is 6.20 Å². The highest BCUT2D eigenvalue weighted by Crippen LogP contribution is 2.32. The number of aromatic nitrogens is 3. The van der Waals surface area contributed by atoms with Crippen LogP contribution in [0.5, 0.6) is 11.5 Å². The molecule has 1 amide bonds. The molecule has 0 saturated heterocycles. The third-order valence-corrected chi connectivity index (χ3v) is 5.29. The lowest BCUT2D eigenvalue weighted by atomic mass is 9.89. The predicted molar refractivity (Wildman–Crippen MR) is 97.9 cm³/mol. The van der Waals surface area contributed by atoms with Crippen LogP contribution in [0.3, 0.4) is 0 Å². The van der Waals surface area contributed by atoms with Gasteiger partial charge in [0.1, 0.15) is 5.56 Å². The van der Waals surface area contributed by atoms with Crippen LogP contribution in [0.15, 0.2) is 30.6 Å². The number of nitrogens with one attached hydrogen (secondary N) is 1. The van der Waals surface area contributed by atoms with E-state index in [1.54, 1.807) is 6.20 Å². The number of hydrogen-bond donors (Lipinski definition) is 1. The zero-order valence-electron chi connectivity index (χ0n) is 15.1. The van der Waals surface area contributed by atoms with Crippen LogP contribution in [0, 0.1) is 5.92 Å². The molecular formula is C20H20N4O3. The molecule has 3 aromatic rings. The molecule has 0 spiro atoms. The zero-order chi connectivity index (χ0) is 18.4. The van der Waals surface area contributed by atoms with Gasteiger partial charge in [-0.15, -0.1) is 0 Å². The second kappa shape index (κ2) is 6.26. The van der Waals surface area contributed by atoms with Crippen LogP contribution >= 0.6 is 0 Å². The first kappa shape index (κ1) is 16.1. The summed E-state index contributed by atoms with van der Waals surface area (Å²) in [6.07, 6.45) is 6.63. The van der Waals surface area contributed by atoms with Crippen molar-refractivity contribution in [2.24, 2.45) is 5.92 Å². The van der Waals surface area contributed by atoms with Crippen LogP contribution in [-0.2, 0) is 19.4 Å². The van der Waals surface area contributed by atoms with Crippen molar-refractivity contribution in [2.75, 3.05) is 6.79 Å². The van der Waals surface area contributed by atoms with Gasteiger partial charge in [-0.25, -0.2) is 9.50 Å². The van der Waals surface area contributed by atoms with Crippen molar-refractivity contribution in [2.45, 2.75) is 32.7 Å². The highest BCUT2D eigenvalue weighted by Gasteiger charge is 2.22. The maximum atomic E-state index is 12.7. The minimum absolute atomic E-state index is 0.181. The number of ether oxygens (including phenoxy) is 2. The number of nitrogens with zero attached hydrogens (tertiary/aromatic N) is 3. The summed E-state index contributed by atoms with van der Waals surface area (Å²) in [6.45, 7) is 2.89. The van der Waals surface area contributed by atoms with Gasteiger partial charge in [0.2, 0.25) is 6.79 Å². The van der Waals surface area contributed by atoms with E-state index in [0.29, 0.717) is 29.4 Å². The van der Waals surface area contributed by atoms with Crippen LogP contribution in [0.25, 0.3) is 5.65 Å². The van der Waals surface area contributed by atoms with Gasteiger partial charge in [-0.1, -0.05) is 13.0 Å². The van der Waals surface area contributed by atoms with E-state index >= 15 is 0 Å². The lowest BCUT2D eigenvalue weighted by molar-refractivity contribution is 0.0952. The minimum atomic E-state index is -0.181. The summed E-state index contributed by atoms with van der Waals surface area (Å²) in [5.74, 6) is 1.92. The molecule has 1 aliphatic heterocycles. The molecule has 0 saturated carbocycles. The molecule has 5 rings (SSSR count). The summed E-state index contributed by atoms with van der Waals surface area (Å²) in [6, 6.07) is 5.65. The lowest BCUT2D eigenvalue weighted by Gasteiger charge is -2.21. The van der Waals surface area contributed by atoms with Gasteiger partial charge in [0.25, 0.3) is 5.91 Å². The summed E-state index contributed by atoms with van der Waals surface area (Å²) < 4.78 is 12.5. The van der Waals surface area contributed by atoms with E-state index in [1.165, 1.54) is 11.3 Å². The first-order valence-electron chi connectivity index (χ1n) is 9.20. The quantitative estimate of drug-likeness (QED) is 0.773. The van der Waals surface area contributed by atoms with Gasteiger partial charge in [0, 0.05) is 18.4 Å². The van der Waals surface area contributed by atoms with Crippen LogP contribution in [0.1, 0.15) is 40.5 Å². The number of carbonyl (C=O) groups is 1. The summed E-state index contributed by atoms with van der Waals surface area (Å²) in [5, 5.41) is 7.38. The largest absolute Gasteiger partial charge is 0.454 e. The fourth-order valence-corrected chi connectivity index (χ4v) is 3.80. The number of hydrogen-bond acceptors (Lipinski definition) is 5. The average Bonchev–Trinajstić information content (AvgIpc) is 3.32. The van der Waals surface area contributed by atoms with Crippen LogP contribution < -0.4 is 14.8 Å². The van der Waals surface area contributed by atoms with Crippen molar-refractivity contribution in [3.63, 3.8) is 0 Å². The molecule has 2 aromatic heterocycles. The Kier molecular flexibility index (Phi) is 3.74. The first-order valence-corrected chi connectivity index (χ1v) is 9.20. The Morgan fingerprint density at radius 1 is 1.30 bits per heavy atom. The van der Waals surface area contributed by atoms with E-state index in [4.69, 9.17) is 9.47 Å². The Hall–Kier alpha value is -3.09. The summed E-state index contributed by atoms with van der Waals surface area (Å²) in [4.78, 5) is 17.2. The molecule has 3 heterocycles. The molecule has 7 heteroatoms. The maximum Gasteiger partial charge on any atom is 0.257 e. The monoisotopic (exact) mass is 364 g/mol. The van der Waals surface area contributed by atoms with Crippen molar-refractivity contribution in [3.8, 4) is 11.5 Å². The minimum Gasteiger partial charge on any atom is -0.454 e. The number of aryl methyl sites for hydroxylation is 1. The van der Waals surface area contributed by atoms with Crippen molar-refractivity contribution in [1.29, 1.82) is 0 Å². The SMILES string of the molecule is C[C@@H]1CCc2c(cnc3c(C(=O)NCc4ccc5c(c4)OCO5)cnn23)C1. The number of rotatable bonds is 3. The van der Waals surface area contributed by atoms with Gasteiger partial charge < -0.3 is 14.8 Å². The Bertz CT molecular complexity index is 1040. The number of carbonyl (C=O) groups excluding carboxylic acids is 1. The van der Waals surface area contributed by atoms with Crippen molar-refractivity contribution in [3.05, 3.63) is 53.0 Å². The lowest BCUT2D eigenvalue weighted by Crippen LogP contribution is -2.23. The van der Waals surface area contributed by atoms with E-state index in [0.717, 1.165) is 30.6 Å². The third-order valence-electron chi connectivity index (χ3n) is 5.29. The highest BCUT2D eigenvalue weighted by molar-refractivity contribution is 5.99. The van der Waals surface area contributed by atoms with E-state index < -0.39 is 0 Å². The Balaban J connectivity index is 1.37. The van der Waals surface area contributed by atoms with Gasteiger partial charge in [0.15, 0.2) is 17.1 Å². The van der Waals surface area contributed by atoms with Crippen LogP contribution in [-0.4, -0.2) is 27.3 Å². The normalized spacial score (nSPS) is 17.7. The second-order valence-electron chi connectivity index (χ2n) is 7.24. The van der Waals surface area contributed by atoms with Crippen molar-refractivity contribution >= 4 is 11.6 Å². The Labute approximate surface area is 156 Å². The molecule has 7 nitrogen and oxygen atoms in total. The molecule has 1 aromatic carbocycles. The number of fused-ring (bicyclic) bond motifs is 4. The average molecular weight is 364 g/mol. The van der Waals surface area contributed by atoms with E-state index in [9.17, 15) is 4.79 Å². The summed E-state index contributed by atoms with van der Waals surface area (Å²) in [7, 11) is 0. The maximum absolute atomic E-state index is 12.7. The molecule has 1 aliphatic carbocycles. The molecule has 0 unspecified atom stereocenters. The third kappa shape index (κ3) is 2.79. The van der Waals surface area contributed by atoms with Gasteiger partial charge in [-0.05, 0) is 48.4 Å². The molecule has 2 aliphatic rings. The fraction of sp³-hybridized carbons (Fsp3) is 0.350. The standard InChI is InChI=1S/C20H20N4O3/c1-12-2-4-16-14(6-12)9-21-19-15(10-23-24(16)19)20(25)22-8-13-3-5-17-18(7-13)27-11-26-17/h3,5,7,9-10,12H,2,4,6,8,11H2,1H3,(H,22,25)/t12-/m1/s1. The molecule has 0 bridgehead atoms. The predicted octanol–water partition coefficient (Wildman–Crippen LogP) is 2.51. The number of benzene rings is 1. The fourth-order valence-electron chi connectivity index (χ4n) is 3.80. The van der Waals surface area contributed by atoms with Crippen molar-refractivity contribution in [1.82, 2.24) is 19.9 Å². The topological polar surface area (TPSA) is 77.8 Å². The van der Waals surface area contributed by atoms with E-state index in [1.807, 2.05) is 28.9 Å². The summed E-state index contributed by atoms with van der Waals surface area (Å²) in [5.41, 5.74) is 4.47. The smallest absolute Gasteiger partial charge is 0.257 e. The second-order valence-corrected chi connectivity index (χ2v) is 7.24. The van der Waals surface area contributed by atoms with Crippen LogP contribution in [0.2, 0.25) is 0 Å². The van der Waals surface area contributed by atoms with Gasteiger partial charge in [-0.3, -0.25) is 4.79 Å². The highest BCUT2D eigenvalue weighted by atomic mass is 16.7. The first-order chi connectivity index (χ1) is 13.2. The zero-order valence-corrected chi connectivity index (χ0v) is 15.1. The van der Waals surface area contributed by atoms with Gasteiger partial charge >= 0.3 is 0 Å². The van der Waals surface area contributed by atoms with Crippen molar-refractivity contribution < 1.29 is 14.3 Å². The molecule has 0 radical (unpaired) electrons. The Morgan fingerprint density at radius 2 is 2.19 bits per heavy atom. The van der Waals surface area contributed by atoms with Crippen LogP contribution in [0.4, 0.5) is 0 Å².